The van der Waals surface area contributed by atoms with E-state index >= 15 is 0 Å². The number of hydrogen-bond donors (Lipinski definition) is 1. The molecule has 3 heteroatoms. The van der Waals surface area contributed by atoms with Crippen molar-refractivity contribution in [3.8, 4) is 11.5 Å². The first-order valence-corrected chi connectivity index (χ1v) is 6.26. The molecule has 3 nitrogen and oxygen atoms in total. The lowest BCUT2D eigenvalue weighted by molar-refractivity contribution is -0.138. The Morgan fingerprint density at radius 3 is 2.16 bits per heavy atom. The largest absolute Gasteiger partial charge is 0.481 e. The summed E-state index contributed by atoms with van der Waals surface area (Å²) in [4.78, 5) is 11.1. The molecule has 0 fully saturated rings. The Morgan fingerprint density at radius 2 is 1.63 bits per heavy atom. The van der Waals surface area contributed by atoms with Crippen molar-refractivity contribution in [2.24, 2.45) is 0 Å². The Balaban J connectivity index is 2.12. The van der Waals surface area contributed by atoms with Crippen LogP contribution in [0.3, 0.4) is 0 Å². The molecule has 0 aromatic heterocycles. The molecular weight excluding hydrogens is 240 g/mol. The number of aliphatic carboxylic acids is 1. The van der Waals surface area contributed by atoms with Gasteiger partial charge in [0.15, 0.2) is 0 Å². The molecular formula is C16H16O3. The molecule has 0 spiro atoms. The van der Waals surface area contributed by atoms with E-state index in [1.165, 1.54) is 0 Å². The first kappa shape index (κ1) is 13.1. The minimum atomic E-state index is -0.792. The van der Waals surface area contributed by atoms with Gasteiger partial charge in [-0.25, -0.2) is 0 Å². The Kier molecular flexibility index (Phi) is 4.18. The van der Waals surface area contributed by atoms with Crippen LogP contribution in [0, 0.1) is 0 Å². The summed E-state index contributed by atoms with van der Waals surface area (Å²) >= 11 is 0. The van der Waals surface area contributed by atoms with E-state index in [0.717, 1.165) is 11.3 Å². The minimum absolute atomic E-state index is 0.453. The fourth-order valence-electron chi connectivity index (χ4n) is 1.95. The van der Waals surface area contributed by atoms with E-state index in [1.54, 1.807) is 24.3 Å². The van der Waals surface area contributed by atoms with E-state index in [-0.39, 0.29) is 0 Å². The molecule has 2 aromatic carbocycles. The molecule has 0 aliphatic heterocycles. The third-order valence-corrected chi connectivity index (χ3v) is 2.97. The molecule has 0 radical (unpaired) electrons. The number of rotatable bonds is 5. The highest BCUT2D eigenvalue weighted by Gasteiger charge is 2.17. The summed E-state index contributed by atoms with van der Waals surface area (Å²) < 4.78 is 5.66. The molecule has 19 heavy (non-hydrogen) atoms. The van der Waals surface area contributed by atoms with Gasteiger partial charge in [-0.05, 0) is 36.2 Å². The zero-order valence-electron chi connectivity index (χ0n) is 10.7. The van der Waals surface area contributed by atoms with E-state index < -0.39 is 11.9 Å². The lowest BCUT2D eigenvalue weighted by Gasteiger charge is -2.11. The van der Waals surface area contributed by atoms with Crippen LogP contribution in [-0.4, -0.2) is 11.1 Å². The van der Waals surface area contributed by atoms with Crippen LogP contribution < -0.4 is 4.74 Å². The molecule has 0 saturated carbocycles. The molecule has 0 heterocycles. The molecule has 1 atom stereocenters. The molecule has 1 N–H and O–H groups in total. The van der Waals surface area contributed by atoms with Gasteiger partial charge in [-0.3, -0.25) is 4.79 Å². The molecule has 2 aromatic rings. The standard InChI is InChI=1S/C16H16O3/c1-2-15(16(17)18)12-8-10-14(11-9-12)19-13-6-4-3-5-7-13/h3-11,15H,2H2,1H3,(H,17,18). The average molecular weight is 256 g/mol. The van der Waals surface area contributed by atoms with Crippen molar-refractivity contribution in [2.45, 2.75) is 19.3 Å². The molecule has 2 rings (SSSR count). The van der Waals surface area contributed by atoms with Crippen molar-refractivity contribution in [3.05, 3.63) is 60.2 Å². The van der Waals surface area contributed by atoms with Crippen LogP contribution in [-0.2, 0) is 4.79 Å². The number of carboxylic acids is 1. The lowest BCUT2D eigenvalue weighted by atomic mass is 9.97. The highest BCUT2D eigenvalue weighted by atomic mass is 16.5. The van der Waals surface area contributed by atoms with Crippen molar-refractivity contribution in [1.82, 2.24) is 0 Å². The molecule has 0 bridgehead atoms. The maximum Gasteiger partial charge on any atom is 0.310 e. The second-order valence-corrected chi connectivity index (χ2v) is 4.28. The fraction of sp³-hybridized carbons (Fsp3) is 0.188. The van der Waals surface area contributed by atoms with Gasteiger partial charge in [0.25, 0.3) is 0 Å². The van der Waals surface area contributed by atoms with Gasteiger partial charge in [0.2, 0.25) is 0 Å². The number of carboxylic acid groups (broad SMARTS) is 1. The van der Waals surface area contributed by atoms with Crippen LogP contribution in [0.2, 0.25) is 0 Å². The fourth-order valence-corrected chi connectivity index (χ4v) is 1.95. The maximum absolute atomic E-state index is 11.1. The van der Waals surface area contributed by atoms with E-state index in [0.29, 0.717) is 12.2 Å². The average Bonchev–Trinajstić information content (AvgIpc) is 2.42. The molecule has 0 aliphatic carbocycles. The molecule has 98 valence electrons. The zero-order chi connectivity index (χ0) is 13.7. The molecule has 0 saturated heterocycles. The summed E-state index contributed by atoms with van der Waals surface area (Å²) in [5.41, 5.74) is 0.801. The number of carbonyl (C=O) groups is 1. The predicted octanol–water partition coefficient (Wildman–Crippen LogP) is 4.06. The Morgan fingerprint density at radius 1 is 1.05 bits per heavy atom. The van der Waals surface area contributed by atoms with E-state index in [4.69, 9.17) is 9.84 Å². The molecule has 0 aliphatic rings. The highest BCUT2D eigenvalue weighted by molar-refractivity contribution is 5.76. The summed E-state index contributed by atoms with van der Waals surface area (Å²) in [6, 6.07) is 16.7. The van der Waals surface area contributed by atoms with E-state index in [2.05, 4.69) is 0 Å². The van der Waals surface area contributed by atoms with Gasteiger partial charge < -0.3 is 9.84 Å². The monoisotopic (exact) mass is 256 g/mol. The number of hydrogen-bond acceptors (Lipinski definition) is 2. The van der Waals surface area contributed by atoms with Gasteiger partial charge in [0, 0.05) is 0 Å². The summed E-state index contributed by atoms with van der Waals surface area (Å²) in [6.07, 6.45) is 0.578. The summed E-state index contributed by atoms with van der Waals surface area (Å²) in [6.45, 7) is 1.87. The van der Waals surface area contributed by atoms with Gasteiger partial charge in [-0.15, -0.1) is 0 Å². The van der Waals surface area contributed by atoms with Crippen LogP contribution in [0.25, 0.3) is 0 Å². The summed E-state index contributed by atoms with van der Waals surface area (Å²) in [5.74, 6) is 0.223. The first-order chi connectivity index (χ1) is 9.20. The van der Waals surface area contributed by atoms with Crippen molar-refractivity contribution in [2.75, 3.05) is 0 Å². The van der Waals surface area contributed by atoms with Gasteiger partial charge in [-0.1, -0.05) is 37.3 Å². The first-order valence-electron chi connectivity index (χ1n) is 6.26. The van der Waals surface area contributed by atoms with Gasteiger partial charge >= 0.3 is 5.97 Å². The second-order valence-electron chi connectivity index (χ2n) is 4.28. The number of para-hydroxylation sites is 1. The lowest BCUT2D eigenvalue weighted by Crippen LogP contribution is -2.10. The van der Waals surface area contributed by atoms with Crippen molar-refractivity contribution in [3.63, 3.8) is 0 Å². The van der Waals surface area contributed by atoms with Crippen molar-refractivity contribution < 1.29 is 14.6 Å². The quantitative estimate of drug-likeness (QED) is 0.877. The third-order valence-electron chi connectivity index (χ3n) is 2.97. The van der Waals surface area contributed by atoms with Crippen LogP contribution in [0.15, 0.2) is 54.6 Å². The van der Waals surface area contributed by atoms with Crippen LogP contribution in [0.1, 0.15) is 24.8 Å². The molecule has 1 unspecified atom stereocenters. The van der Waals surface area contributed by atoms with Gasteiger partial charge in [0.1, 0.15) is 11.5 Å². The second kappa shape index (κ2) is 6.05. The Labute approximate surface area is 112 Å². The highest BCUT2D eigenvalue weighted by Crippen LogP contribution is 2.25. The Bertz CT molecular complexity index is 532. The van der Waals surface area contributed by atoms with Crippen LogP contribution in [0.5, 0.6) is 11.5 Å². The SMILES string of the molecule is CCC(C(=O)O)c1ccc(Oc2ccccc2)cc1. The number of benzene rings is 2. The normalized spacial score (nSPS) is 11.8. The van der Waals surface area contributed by atoms with Crippen LogP contribution in [0.4, 0.5) is 0 Å². The van der Waals surface area contributed by atoms with E-state index in [9.17, 15) is 4.79 Å². The topological polar surface area (TPSA) is 46.5 Å². The summed E-state index contributed by atoms with van der Waals surface area (Å²) in [5, 5.41) is 9.10. The van der Waals surface area contributed by atoms with Gasteiger partial charge in [0.05, 0.1) is 5.92 Å². The maximum atomic E-state index is 11.1. The van der Waals surface area contributed by atoms with Crippen molar-refractivity contribution in [1.29, 1.82) is 0 Å². The molecule has 0 amide bonds. The number of ether oxygens (including phenoxy) is 1. The van der Waals surface area contributed by atoms with E-state index in [1.807, 2.05) is 37.3 Å². The zero-order valence-corrected chi connectivity index (χ0v) is 10.7. The Hall–Kier alpha value is -2.29. The predicted molar refractivity (Wildman–Crippen MR) is 73.6 cm³/mol. The van der Waals surface area contributed by atoms with Gasteiger partial charge in [-0.2, -0.15) is 0 Å². The third kappa shape index (κ3) is 3.35. The summed E-state index contributed by atoms with van der Waals surface area (Å²) in [7, 11) is 0. The minimum Gasteiger partial charge on any atom is -0.481 e. The smallest absolute Gasteiger partial charge is 0.310 e. The van der Waals surface area contributed by atoms with Crippen molar-refractivity contribution >= 4 is 5.97 Å². The van der Waals surface area contributed by atoms with Crippen LogP contribution >= 0.6 is 0 Å².